The molecule has 1 aromatic rings. The van der Waals surface area contributed by atoms with E-state index in [9.17, 15) is 18.0 Å². The molecular weight excluding hydrogens is 273 g/mol. The smallest absolute Gasteiger partial charge is 0.430 e. The lowest BCUT2D eigenvalue weighted by molar-refractivity contribution is -0.187. The van der Waals surface area contributed by atoms with Gasteiger partial charge in [-0.2, -0.15) is 13.2 Å². The fraction of sp³-hybridized carbons (Fsp3) is 0.357. The second-order valence-corrected chi connectivity index (χ2v) is 4.90. The highest BCUT2D eigenvalue weighted by Crippen LogP contribution is 2.38. The lowest BCUT2D eigenvalue weighted by Gasteiger charge is -2.27. The summed E-state index contributed by atoms with van der Waals surface area (Å²) in [6, 6.07) is 4.77. The zero-order chi connectivity index (χ0) is 15.1. The van der Waals surface area contributed by atoms with Crippen LogP contribution in [0.15, 0.2) is 23.8 Å². The quantitative estimate of drug-likeness (QED) is 0.903. The van der Waals surface area contributed by atoms with Crippen LogP contribution in [-0.2, 0) is 4.79 Å². The van der Waals surface area contributed by atoms with Crippen molar-refractivity contribution >= 4 is 12.0 Å². The van der Waals surface area contributed by atoms with Crippen LogP contribution in [0.4, 0.5) is 13.2 Å². The van der Waals surface area contributed by atoms with E-state index in [0.717, 1.165) is 11.6 Å². The first-order valence-electron chi connectivity index (χ1n) is 6.02. The Kier molecular flexibility index (Phi) is 3.50. The van der Waals surface area contributed by atoms with Gasteiger partial charge in [-0.25, -0.2) is 4.79 Å². The minimum atomic E-state index is -4.77. The lowest BCUT2D eigenvalue weighted by atomic mass is 9.96. The Labute approximate surface area is 113 Å². The van der Waals surface area contributed by atoms with Gasteiger partial charge in [0.25, 0.3) is 0 Å². The van der Waals surface area contributed by atoms with Gasteiger partial charge in [-0.3, -0.25) is 0 Å². The number of aliphatic carboxylic acids is 1. The number of fused-ring (bicyclic) bond motifs is 1. The second-order valence-electron chi connectivity index (χ2n) is 4.90. The van der Waals surface area contributed by atoms with E-state index in [1.807, 2.05) is 13.8 Å². The molecule has 0 spiro atoms. The molecule has 1 aromatic carbocycles. The van der Waals surface area contributed by atoms with Gasteiger partial charge in [0, 0.05) is 5.56 Å². The van der Waals surface area contributed by atoms with E-state index >= 15 is 0 Å². The average Bonchev–Trinajstić information content (AvgIpc) is 2.35. The predicted molar refractivity (Wildman–Crippen MR) is 66.6 cm³/mol. The van der Waals surface area contributed by atoms with Crippen molar-refractivity contribution in [1.29, 1.82) is 0 Å². The van der Waals surface area contributed by atoms with Crippen LogP contribution >= 0.6 is 0 Å². The maximum atomic E-state index is 12.8. The molecule has 1 aliphatic heterocycles. The number of carboxylic acids is 1. The summed E-state index contributed by atoms with van der Waals surface area (Å²) in [5.41, 5.74) is 0.457. The number of rotatable bonds is 2. The SMILES string of the molecule is CC(C)c1ccc2c(c1)C=C(C(=O)O)C(C(F)(F)F)O2. The highest BCUT2D eigenvalue weighted by Gasteiger charge is 2.48. The first-order chi connectivity index (χ1) is 9.20. The molecule has 1 aliphatic rings. The van der Waals surface area contributed by atoms with Crippen molar-refractivity contribution in [3.63, 3.8) is 0 Å². The highest BCUT2D eigenvalue weighted by molar-refractivity contribution is 5.95. The molecule has 0 radical (unpaired) electrons. The van der Waals surface area contributed by atoms with Crippen LogP contribution in [0.3, 0.4) is 0 Å². The second kappa shape index (κ2) is 4.85. The Bertz CT molecular complexity index is 574. The van der Waals surface area contributed by atoms with Gasteiger partial charge >= 0.3 is 12.1 Å². The number of ether oxygens (including phenoxy) is 1. The van der Waals surface area contributed by atoms with Gasteiger partial charge in [-0.1, -0.05) is 19.9 Å². The van der Waals surface area contributed by atoms with Crippen molar-refractivity contribution in [3.8, 4) is 5.75 Å². The molecule has 1 heterocycles. The van der Waals surface area contributed by atoms with E-state index in [1.54, 1.807) is 12.1 Å². The zero-order valence-corrected chi connectivity index (χ0v) is 10.9. The van der Waals surface area contributed by atoms with Crippen molar-refractivity contribution in [1.82, 2.24) is 0 Å². The summed E-state index contributed by atoms with van der Waals surface area (Å²) in [7, 11) is 0. The van der Waals surface area contributed by atoms with Crippen LogP contribution in [0.2, 0.25) is 0 Å². The molecule has 0 amide bonds. The molecule has 20 heavy (non-hydrogen) atoms. The molecule has 2 rings (SSSR count). The molecular formula is C14H13F3O3. The van der Waals surface area contributed by atoms with E-state index in [2.05, 4.69) is 0 Å². The van der Waals surface area contributed by atoms with Gasteiger partial charge in [0.2, 0.25) is 6.10 Å². The average molecular weight is 286 g/mol. The largest absolute Gasteiger partial charge is 0.478 e. The molecule has 3 nitrogen and oxygen atoms in total. The minimum absolute atomic E-state index is 0.0433. The molecule has 1 unspecified atom stereocenters. The number of hydrogen-bond acceptors (Lipinski definition) is 2. The first-order valence-corrected chi connectivity index (χ1v) is 6.02. The lowest BCUT2D eigenvalue weighted by Crippen LogP contribution is -2.40. The molecule has 108 valence electrons. The molecule has 0 bridgehead atoms. The van der Waals surface area contributed by atoms with Crippen molar-refractivity contribution < 1.29 is 27.8 Å². The predicted octanol–water partition coefficient (Wildman–Crippen LogP) is 3.60. The summed E-state index contributed by atoms with van der Waals surface area (Å²) in [6.45, 7) is 3.87. The summed E-state index contributed by atoms with van der Waals surface area (Å²) >= 11 is 0. The van der Waals surface area contributed by atoms with Gasteiger partial charge in [0.15, 0.2) is 0 Å². The summed E-state index contributed by atoms with van der Waals surface area (Å²) in [6.07, 6.45) is -6.17. The number of halogens is 3. The van der Waals surface area contributed by atoms with Gasteiger partial charge in [0.05, 0.1) is 5.57 Å². The molecule has 0 aromatic heterocycles. The molecule has 6 heteroatoms. The van der Waals surface area contributed by atoms with Crippen LogP contribution in [0.5, 0.6) is 5.75 Å². The number of hydrogen-bond donors (Lipinski definition) is 1. The van der Waals surface area contributed by atoms with E-state index in [1.165, 1.54) is 6.07 Å². The summed E-state index contributed by atoms with van der Waals surface area (Å²) < 4.78 is 43.3. The summed E-state index contributed by atoms with van der Waals surface area (Å²) in [4.78, 5) is 11.0. The fourth-order valence-electron chi connectivity index (χ4n) is 2.00. The molecule has 0 aliphatic carbocycles. The Balaban J connectivity index is 2.51. The normalized spacial score (nSPS) is 18.3. The Morgan fingerprint density at radius 1 is 1.35 bits per heavy atom. The van der Waals surface area contributed by atoms with Gasteiger partial charge in [-0.15, -0.1) is 0 Å². The van der Waals surface area contributed by atoms with E-state index < -0.39 is 23.8 Å². The van der Waals surface area contributed by atoms with E-state index in [4.69, 9.17) is 9.84 Å². The monoisotopic (exact) mass is 286 g/mol. The van der Waals surface area contributed by atoms with Crippen LogP contribution in [0.25, 0.3) is 6.08 Å². The van der Waals surface area contributed by atoms with Crippen molar-refractivity contribution in [2.75, 3.05) is 0 Å². The standard InChI is InChI=1S/C14H13F3O3/c1-7(2)8-3-4-11-9(5-8)6-10(13(18)19)12(20-11)14(15,16)17/h3-7,12H,1-2H3,(H,18,19). The highest BCUT2D eigenvalue weighted by atomic mass is 19.4. The molecule has 0 fully saturated rings. The number of carbonyl (C=O) groups is 1. The van der Waals surface area contributed by atoms with Gasteiger partial charge in [-0.05, 0) is 29.7 Å². The molecule has 0 saturated carbocycles. The minimum Gasteiger partial charge on any atom is -0.478 e. The third kappa shape index (κ3) is 2.64. The third-order valence-corrected chi connectivity index (χ3v) is 3.08. The van der Waals surface area contributed by atoms with Gasteiger partial charge in [0.1, 0.15) is 5.75 Å². The van der Waals surface area contributed by atoms with Crippen molar-refractivity contribution in [2.45, 2.75) is 32.0 Å². The topological polar surface area (TPSA) is 46.5 Å². The maximum absolute atomic E-state index is 12.8. The maximum Gasteiger partial charge on any atom is 0.430 e. The van der Waals surface area contributed by atoms with Crippen LogP contribution < -0.4 is 4.74 Å². The summed E-state index contributed by atoms with van der Waals surface area (Å²) in [5, 5.41) is 8.93. The van der Waals surface area contributed by atoms with Crippen LogP contribution in [0, 0.1) is 0 Å². The summed E-state index contributed by atoms with van der Waals surface area (Å²) in [5.74, 6) is -1.41. The van der Waals surface area contributed by atoms with Crippen LogP contribution in [0.1, 0.15) is 30.9 Å². The third-order valence-electron chi connectivity index (χ3n) is 3.08. The Morgan fingerprint density at radius 2 is 2.00 bits per heavy atom. The van der Waals surface area contributed by atoms with Crippen molar-refractivity contribution in [2.24, 2.45) is 0 Å². The van der Waals surface area contributed by atoms with Crippen LogP contribution in [-0.4, -0.2) is 23.4 Å². The first kappa shape index (κ1) is 14.4. The molecule has 1 atom stereocenters. The number of alkyl halides is 3. The number of benzene rings is 1. The number of carboxylic acid groups (broad SMARTS) is 1. The van der Waals surface area contributed by atoms with Gasteiger partial charge < -0.3 is 9.84 Å². The van der Waals surface area contributed by atoms with E-state index in [0.29, 0.717) is 5.56 Å². The zero-order valence-electron chi connectivity index (χ0n) is 10.9. The molecule has 1 N–H and O–H groups in total. The Hall–Kier alpha value is -1.98. The Morgan fingerprint density at radius 3 is 2.50 bits per heavy atom. The molecule has 0 saturated heterocycles. The van der Waals surface area contributed by atoms with Crippen molar-refractivity contribution in [3.05, 3.63) is 34.9 Å². The van der Waals surface area contributed by atoms with E-state index in [-0.39, 0.29) is 11.7 Å². The fourth-order valence-corrected chi connectivity index (χ4v) is 2.00.